The summed E-state index contributed by atoms with van der Waals surface area (Å²) in [6.07, 6.45) is 0. The second-order valence-corrected chi connectivity index (χ2v) is 3.73. The van der Waals surface area contributed by atoms with Crippen LogP contribution in [0.25, 0.3) is 10.7 Å². The first kappa shape index (κ1) is 8.06. The predicted octanol–water partition coefficient (Wildman–Crippen LogP) is 0.708. The standard InChI is InChI=1S/C7H9N5S/c1-12-7(9)10-6(11-12)4-2-3-5(8)13-4/h2-3H,8H2,1H3,(H2,9,10,11). The van der Waals surface area contributed by atoms with Gasteiger partial charge in [0.2, 0.25) is 5.95 Å². The number of nitrogen functional groups attached to an aromatic ring is 2. The molecule has 5 nitrogen and oxygen atoms in total. The lowest BCUT2D eigenvalue weighted by molar-refractivity contribution is 0.781. The van der Waals surface area contributed by atoms with E-state index in [4.69, 9.17) is 11.5 Å². The van der Waals surface area contributed by atoms with Crippen molar-refractivity contribution in [3.05, 3.63) is 12.1 Å². The number of anilines is 2. The van der Waals surface area contributed by atoms with Crippen molar-refractivity contribution in [2.24, 2.45) is 7.05 Å². The van der Waals surface area contributed by atoms with Gasteiger partial charge >= 0.3 is 0 Å². The summed E-state index contributed by atoms with van der Waals surface area (Å²) in [6, 6.07) is 3.71. The number of nitrogens with zero attached hydrogens (tertiary/aromatic N) is 3. The summed E-state index contributed by atoms with van der Waals surface area (Å²) >= 11 is 1.45. The molecular formula is C7H9N5S. The number of rotatable bonds is 1. The summed E-state index contributed by atoms with van der Waals surface area (Å²) in [4.78, 5) is 5.01. The minimum atomic E-state index is 0.405. The SMILES string of the molecule is Cn1nc(-c2ccc(N)s2)nc1N. The summed E-state index contributed by atoms with van der Waals surface area (Å²) in [5, 5.41) is 4.88. The molecule has 2 heterocycles. The molecule has 0 spiro atoms. The van der Waals surface area contributed by atoms with Crippen LogP contribution < -0.4 is 11.5 Å². The topological polar surface area (TPSA) is 82.8 Å². The summed E-state index contributed by atoms with van der Waals surface area (Å²) in [6.45, 7) is 0. The summed E-state index contributed by atoms with van der Waals surface area (Å²) in [5.74, 6) is 1.03. The number of thiophene rings is 1. The fourth-order valence-electron chi connectivity index (χ4n) is 0.974. The fraction of sp³-hybridized carbons (Fsp3) is 0.143. The Bertz CT molecular complexity index is 410. The lowest BCUT2D eigenvalue weighted by Gasteiger charge is -1.86. The van der Waals surface area contributed by atoms with E-state index in [1.165, 1.54) is 16.0 Å². The van der Waals surface area contributed by atoms with Gasteiger partial charge in [-0.15, -0.1) is 16.4 Å². The summed E-state index contributed by atoms with van der Waals surface area (Å²) < 4.78 is 1.53. The molecule has 4 N–H and O–H groups in total. The zero-order chi connectivity index (χ0) is 9.42. The Morgan fingerprint density at radius 2 is 2.15 bits per heavy atom. The first-order chi connectivity index (χ1) is 6.16. The zero-order valence-electron chi connectivity index (χ0n) is 7.06. The first-order valence-electron chi connectivity index (χ1n) is 3.69. The van der Waals surface area contributed by atoms with Crippen molar-refractivity contribution in [3.63, 3.8) is 0 Å². The quantitative estimate of drug-likeness (QED) is 0.702. The van der Waals surface area contributed by atoms with Gasteiger partial charge in [-0.05, 0) is 12.1 Å². The highest BCUT2D eigenvalue weighted by Crippen LogP contribution is 2.27. The van der Waals surface area contributed by atoms with Crippen LogP contribution in [0.15, 0.2) is 12.1 Å². The first-order valence-corrected chi connectivity index (χ1v) is 4.50. The molecule has 2 aromatic rings. The highest BCUT2D eigenvalue weighted by atomic mass is 32.1. The number of aromatic nitrogens is 3. The van der Waals surface area contributed by atoms with Crippen LogP contribution in [0.3, 0.4) is 0 Å². The van der Waals surface area contributed by atoms with Gasteiger partial charge < -0.3 is 11.5 Å². The van der Waals surface area contributed by atoms with Gasteiger partial charge in [0.1, 0.15) is 0 Å². The minimum absolute atomic E-state index is 0.405. The molecule has 0 aliphatic carbocycles. The summed E-state index contributed by atoms with van der Waals surface area (Å²) in [5.41, 5.74) is 11.1. The molecule has 0 saturated heterocycles. The van der Waals surface area contributed by atoms with Gasteiger partial charge in [0.15, 0.2) is 5.82 Å². The van der Waals surface area contributed by atoms with E-state index in [-0.39, 0.29) is 0 Å². The van der Waals surface area contributed by atoms with E-state index in [2.05, 4.69) is 10.1 Å². The Kier molecular flexibility index (Phi) is 1.70. The van der Waals surface area contributed by atoms with Crippen LogP contribution in [0.1, 0.15) is 0 Å². The Balaban J connectivity index is 2.46. The maximum Gasteiger partial charge on any atom is 0.218 e. The molecule has 0 atom stereocenters. The lowest BCUT2D eigenvalue weighted by Crippen LogP contribution is -1.97. The van der Waals surface area contributed by atoms with E-state index in [1.54, 1.807) is 7.05 Å². The maximum absolute atomic E-state index is 5.59. The largest absolute Gasteiger partial charge is 0.391 e. The van der Waals surface area contributed by atoms with Crippen molar-refractivity contribution in [2.75, 3.05) is 11.5 Å². The smallest absolute Gasteiger partial charge is 0.218 e. The van der Waals surface area contributed by atoms with Crippen LogP contribution in [0.5, 0.6) is 0 Å². The van der Waals surface area contributed by atoms with Gasteiger partial charge in [-0.1, -0.05) is 0 Å². The highest BCUT2D eigenvalue weighted by molar-refractivity contribution is 7.19. The number of aryl methyl sites for hydroxylation is 1. The number of hydrogen-bond acceptors (Lipinski definition) is 5. The molecule has 0 aliphatic heterocycles. The molecule has 0 aliphatic rings. The van der Waals surface area contributed by atoms with E-state index in [1.807, 2.05) is 12.1 Å². The second-order valence-electron chi connectivity index (χ2n) is 2.62. The Morgan fingerprint density at radius 3 is 2.62 bits per heavy atom. The van der Waals surface area contributed by atoms with Gasteiger partial charge in [0, 0.05) is 7.05 Å². The molecular weight excluding hydrogens is 186 g/mol. The average Bonchev–Trinajstić information content (AvgIpc) is 2.61. The highest BCUT2D eigenvalue weighted by Gasteiger charge is 2.08. The fourth-order valence-corrected chi connectivity index (χ4v) is 1.68. The monoisotopic (exact) mass is 195 g/mol. The van der Waals surface area contributed by atoms with Crippen LogP contribution in [0, 0.1) is 0 Å². The molecule has 6 heteroatoms. The van der Waals surface area contributed by atoms with Crippen LogP contribution in [-0.2, 0) is 7.05 Å². The van der Waals surface area contributed by atoms with Crippen LogP contribution in [-0.4, -0.2) is 14.8 Å². The van der Waals surface area contributed by atoms with Gasteiger partial charge in [-0.3, -0.25) is 0 Å². The maximum atomic E-state index is 5.59. The molecule has 13 heavy (non-hydrogen) atoms. The van der Waals surface area contributed by atoms with Crippen molar-refractivity contribution in [2.45, 2.75) is 0 Å². The molecule has 0 bridgehead atoms. The van der Waals surface area contributed by atoms with Gasteiger partial charge in [-0.2, -0.15) is 4.98 Å². The summed E-state index contributed by atoms with van der Waals surface area (Å²) in [7, 11) is 1.75. The third-order valence-corrected chi connectivity index (χ3v) is 2.55. The van der Waals surface area contributed by atoms with E-state index in [9.17, 15) is 0 Å². The Morgan fingerprint density at radius 1 is 1.38 bits per heavy atom. The Hall–Kier alpha value is -1.56. The second kappa shape index (κ2) is 2.74. The molecule has 0 aromatic carbocycles. The molecule has 0 saturated carbocycles. The molecule has 68 valence electrons. The van der Waals surface area contributed by atoms with E-state index >= 15 is 0 Å². The predicted molar refractivity (Wildman–Crippen MR) is 53.1 cm³/mol. The average molecular weight is 195 g/mol. The van der Waals surface area contributed by atoms with Crippen molar-refractivity contribution >= 4 is 22.3 Å². The third kappa shape index (κ3) is 1.35. The van der Waals surface area contributed by atoms with Crippen LogP contribution in [0.4, 0.5) is 10.9 Å². The van der Waals surface area contributed by atoms with Crippen LogP contribution in [0.2, 0.25) is 0 Å². The minimum Gasteiger partial charge on any atom is -0.391 e. The molecule has 0 amide bonds. The molecule has 2 aromatic heterocycles. The van der Waals surface area contributed by atoms with Crippen LogP contribution >= 0.6 is 11.3 Å². The van der Waals surface area contributed by atoms with E-state index in [0.717, 1.165) is 9.88 Å². The normalized spacial score (nSPS) is 10.5. The van der Waals surface area contributed by atoms with Gasteiger partial charge in [-0.25, -0.2) is 4.68 Å². The lowest BCUT2D eigenvalue weighted by atomic mass is 10.4. The molecule has 0 radical (unpaired) electrons. The number of hydrogen-bond donors (Lipinski definition) is 2. The van der Waals surface area contributed by atoms with Crippen molar-refractivity contribution < 1.29 is 0 Å². The number of nitrogens with two attached hydrogens (primary N) is 2. The molecule has 2 rings (SSSR count). The van der Waals surface area contributed by atoms with Gasteiger partial charge in [0.25, 0.3) is 0 Å². The molecule has 0 fully saturated rings. The molecule has 0 unspecified atom stereocenters. The van der Waals surface area contributed by atoms with Crippen molar-refractivity contribution in [3.8, 4) is 10.7 Å². The van der Waals surface area contributed by atoms with E-state index < -0.39 is 0 Å². The Labute approximate surface area is 79.0 Å². The zero-order valence-corrected chi connectivity index (χ0v) is 7.88. The third-order valence-electron chi connectivity index (χ3n) is 1.64. The van der Waals surface area contributed by atoms with Crippen molar-refractivity contribution in [1.82, 2.24) is 14.8 Å². The van der Waals surface area contributed by atoms with Crippen molar-refractivity contribution in [1.29, 1.82) is 0 Å². The van der Waals surface area contributed by atoms with E-state index in [0.29, 0.717) is 11.8 Å². The van der Waals surface area contributed by atoms with Gasteiger partial charge in [0.05, 0.1) is 9.88 Å².